The Hall–Kier alpha value is -2.41. The lowest BCUT2D eigenvalue weighted by atomic mass is 10.1. The van der Waals surface area contributed by atoms with Crippen LogP contribution in [0.5, 0.6) is 0 Å². The number of piperazine rings is 1. The minimum absolute atomic E-state index is 0.0912. The molecule has 2 aromatic carbocycles. The first-order chi connectivity index (χ1) is 14.5. The molecule has 30 heavy (non-hydrogen) atoms. The van der Waals surface area contributed by atoms with E-state index in [1.54, 1.807) is 0 Å². The molecule has 1 amide bonds. The third kappa shape index (κ3) is 4.67. The number of carbonyl (C=O) groups is 1. The lowest BCUT2D eigenvalue weighted by Crippen LogP contribution is -2.45. The topological polar surface area (TPSA) is 48.5 Å². The molecule has 1 N–H and O–H groups in total. The van der Waals surface area contributed by atoms with Gasteiger partial charge in [0.1, 0.15) is 9.88 Å². The minimum Gasteiger partial charge on any atom is -0.369 e. The van der Waals surface area contributed by atoms with Gasteiger partial charge in [0.25, 0.3) is 5.91 Å². The van der Waals surface area contributed by atoms with Crippen molar-refractivity contribution in [3.05, 3.63) is 69.7 Å². The van der Waals surface area contributed by atoms with Crippen LogP contribution in [0.25, 0.3) is 10.6 Å². The Balaban J connectivity index is 1.47. The van der Waals surface area contributed by atoms with Gasteiger partial charge >= 0.3 is 0 Å². The van der Waals surface area contributed by atoms with E-state index in [1.165, 1.54) is 17.0 Å². The Morgan fingerprint density at radius 3 is 2.67 bits per heavy atom. The molecule has 3 aromatic rings. The molecule has 5 nitrogen and oxygen atoms in total. The highest BCUT2D eigenvalue weighted by Gasteiger charge is 2.19. The highest BCUT2D eigenvalue weighted by Crippen LogP contribution is 2.29. The fraction of sp³-hybridized carbons (Fsp3) is 0.304. The van der Waals surface area contributed by atoms with Gasteiger partial charge in [-0.15, -0.1) is 11.3 Å². The second kappa shape index (κ2) is 9.16. The molecule has 1 aromatic heterocycles. The summed E-state index contributed by atoms with van der Waals surface area (Å²) >= 11 is 7.50. The molecule has 2 heterocycles. The van der Waals surface area contributed by atoms with E-state index in [9.17, 15) is 4.79 Å². The number of hydrogen-bond acceptors (Lipinski definition) is 5. The number of amides is 1. The molecule has 0 aliphatic carbocycles. The Kier molecular flexibility index (Phi) is 6.37. The first-order valence-electron chi connectivity index (χ1n) is 10.0. The van der Waals surface area contributed by atoms with Crippen molar-refractivity contribution in [3.8, 4) is 10.6 Å². The first kappa shape index (κ1) is 20.8. The number of carbonyl (C=O) groups excluding carboxylic acids is 1. The molecule has 0 atom stereocenters. The summed E-state index contributed by atoms with van der Waals surface area (Å²) < 4.78 is 0. The van der Waals surface area contributed by atoms with Crippen LogP contribution in [0.1, 0.15) is 20.9 Å². The van der Waals surface area contributed by atoms with E-state index in [-0.39, 0.29) is 5.91 Å². The number of benzene rings is 2. The van der Waals surface area contributed by atoms with Crippen LogP contribution in [0.15, 0.2) is 48.5 Å². The number of nitrogens with one attached hydrogen (secondary N) is 1. The highest BCUT2D eigenvalue weighted by atomic mass is 35.5. The summed E-state index contributed by atoms with van der Waals surface area (Å²) in [6.07, 6.45) is 0. The zero-order valence-corrected chi connectivity index (χ0v) is 18.8. The SMILES string of the molecule is Cc1nc(-c2cccc(Cl)c2)sc1C(=O)NCc1ccccc1N1CCN(C)CC1. The Morgan fingerprint density at radius 2 is 1.90 bits per heavy atom. The molecule has 0 bridgehead atoms. The van der Waals surface area contributed by atoms with Crippen LogP contribution in [0.3, 0.4) is 0 Å². The molecule has 0 saturated carbocycles. The van der Waals surface area contributed by atoms with E-state index in [0.717, 1.165) is 48.0 Å². The zero-order chi connectivity index (χ0) is 21.1. The highest BCUT2D eigenvalue weighted by molar-refractivity contribution is 7.17. The summed E-state index contributed by atoms with van der Waals surface area (Å²) in [5, 5.41) is 4.55. The molecular formula is C23H25ClN4OS. The van der Waals surface area contributed by atoms with Crippen molar-refractivity contribution in [2.75, 3.05) is 38.1 Å². The van der Waals surface area contributed by atoms with Gasteiger partial charge in [-0.25, -0.2) is 4.98 Å². The van der Waals surface area contributed by atoms with Gasteiger partial charge in [0.05, 0.1) is 5.69 Å². The van der Waals surface area contributed by atoms with Crippen LogP contribution in [-0.2, 0) is 6.54 Å². The molecule has 7 heteroatoms. The average Bonchev–Trinajstić information content (AvgIpc) is 3.15. The smallest absolute Gasteiger partial charge is 0.263 e. The Labute approximate surface area is 186 Å². The molecule has 4 rings (SSSR count). The number of rotatable bonds is 5. The summed E-state index contributed by atoms with van der Waals surface area (Å²) in [5.74, 6) is -0.0912. The molecule has 1 saturated heterocycles. The van der Waals surface area contributed by atoms with E-state index in [4.69, 9.17) is 11.6 Å². The van der Waals surface area contributed by atoms with Crippen molar-refractivity contribution >= 4 is 34.5 Å². The van der Waals surface area contributed by atoms with Gasteiger partial charge in [-0.2, -0.15) is 0 Å². The molecule has 1 aliphatic heterocycles. The summed E-state index contributed by atoms with van der Waals surface area (Å²) in [5.41, 5.74) is 3.99. The minimum atomic E-state index is -0.0912. The monoisotopic (exact) mass is 440 g/mol. The second-order valence-electron chi connectivity index (χ2n) is 7.55. The molecule has 1 aliphatic rings. The summed E-state index contributed by atoms with van der Waals surface area (Å²) in [6, 6.07) is 15.9. The Bertz CT molecular complexity index is 1040. The Morgan fingerprint density at radius 1 is 1.13 bits per heavy atom. The average molecular weight is 441 g/mol. The summed E-state index contributed by atoms with van der Waals surface area (Å²) in [4.78, 5) is 22.9. The van der Waals surface area contributed by atoms with E-state index in [2.05, 4.69) is 45.3 Å². The number of halogens is 1. The lowest BCUT2D eigenvalue weighted by Gasteiger charge is -2.35. The van der Waals surface area contributed by atoms with Crippen molar-refractivity contribution in [2.24, 2.45) is 0 Å². The number of thiazole rings is 1. The number of nitrogens with zero attached hydrogens (tertiary/aromatic N) is 3. The second-order valence-corrected chi connectivity index (χ2v) is 8.98. The fourth-order valence-electron chi connectivity index (χ4n) is 3.62. The van der Waals surface area contributed by atoms with Crippen LogP contribution in [0.4, 0.5) is 5.69 Å². The van der Waals surface area contributed by atoms with Crippen molar-refractivity contribution in [1.82, 2.24) is 15.2 Å². The fourth-order valence-corrected chi connectivity index (χ4v) is 4.79. The number of para-hydroxylation sites is 1. The van der Waals surface area contributed by atoms with E-state index in [0.29, 0.717) is 16.4 Å². The third-order valence-corrected chi connectivity index (χ3v) is 6.79. The molecule has 0 unspecified atom stereocenters. The number of aromatic nitrogens is 1. The number of anilines is 1. The van der Waals surface area contributed by atoms with E-state index in [1.807, 2.05) is 37.3 Å². The number of likely N-dealkylation sites (N-methyl/N-ethyl adjacent to an activating group) is 1. The predicted molar refractivity (Wildman–Crippen MR) is 125 cm³/mol. The molecule has 1 fully saturated rings. The largest absolute Gasteiger partial charge is 0.369 e. The van der Waals surface area contributed by atoms with Gasteiger partial charge in [0, 0.05) is 49.0 Å². The molecule has 156 valence electrons. The van der Waals surface area contributed by atoms with Crippen molar-refractivity contribution in [1.29, 1.82) is 0 Å². The van der Waals surface area contributed by atoms with E-state index >= 15 is 0 Å². The summed E-state index contributed by atoms with van der Waals surface area (Å²) in [7, 11) is 2.15. The van der Waals surface area contributed by atoms with Gasteiger partial charge in [-0.1, -0.05) is 41.9 Å². The van der Waals surface area contributed by atoms with Gasteiger partial charge in [-0.3, -0.25) is 4.79 Å². The predicted octanol–water partition coefficient (Wildman–Crippen LogP) is 4.45. The van der Waals surface area contributed by atoms with Gasteiger partial charge in [-0.05, 0) is 37.7 Å². The van der Waals surface area contributed by atoms with Crippen molar-refractivity contribution < 1.29 is 4.79 Å². The molecular weight excluding hydrogens is 416 g/mol. The van der Waals surface area contributed by atoms with Crippen LogP contribution < -0.4 is 10.2 Å². The normalized spacial score (nSPS) is 14.7. The molecule has 0 radical (unpaired) electrons. The zero-order valence-electron chi connectivity index (χ0n) is 17.2. The van der Waals surface area contributed by atoms with E-state index < -0.39 is 0 Å². The standard InChI is InChI=1S/C23H25ClN4OS/c1-16-21(30-23(26-16)17-7-5-8-19(24)14-17)22(29)25-15-18-6-3-4-9-20(18)28-12-10-27(2)11-13-28/h3-9,14H,10-13,15H2,1-2H3,(H,25,29). The summed E-state index contributed by atoms with van der Waals surface area (Å²) in [6.45, 7) is 6.46. The van der Waals surface area contributed by atoms with Crippen molar-refractivity contribution in [2.45, 2.75) is 13.5 Å². The van der Waals surface area contributed by atoms with Gasteiger partial charge < -0.3 is 15.1 Å². The van der Waals surface area contributed by atoms with Crippen LogP contribution in [-0.4, -0.2) is 49.0 Å². The first-order valence-corrected chi connectivity index (χ1v) is 11.2. The van der Waals surface area contributed by atoms with Gasteiger partial charge in [0.2, 0.25) is 0 Å². The maximum atomic E-state index is 12.9. The lowest BCUT2D eigenvalue weighted by molar-refractivity contribution is 0.0954. The van der Waals surface area contributed by atoms with Crippen LogP contribution >= 0.6 is 22.9 Å². The van der Waals surface area contributed by atoms with Crippen LogP contribution in [0.2, 0.25) is 5.02 Å². The number of aryl methyl sites for hydroxylation is 1. The number of hydrogen-bond donors (Lipinski definition) is 1. The maximum absolute atomic E-state index is 12.9. The van der Waals surface area contributed by atoms with Crippen LogP contribution in [0, 0.1) is 6.92 Å². The molecule has 0 spiro atoms. The van der Waals surface area contributed by atoms with Gasteiger partial charge in [0.15, 0.2) is 0 Å². The third-order valence-electron chi connectivity index (χ3n) is 5.35. The maximum Gasteiger partial charge on any atom is 0.263 e. The quantitative estimate of drug-likeness (QED) is 0.636. The van der Waals surface area contributed by atoms with Crippen molar-refractivity contribution in [3.63, 3.8) is 0 Å².